The molecular weight excluding hydrogens is 380 g/mol. The van der Waals surface area contributed by atoms with E-state index >= 15 is 0 Å². The second kappa shape index (κ2) is 7.25. The molecule has 0 aliphatic rings. The number of methoxy groups -OCH3 is 1. The van der Waals surface area contributed by atoms with Crippen LogP contribution in [0.3, 0.4) is 0 Å². The maximum atomic E-state index is 12.6. The summed E-state index contributed by atoms with van der Waals surface area (Å²) in [6.45, 7) is 0. The molecule has 1 amide bonds. The van der Waals surface area contributed by atoms with Gasteiger partial charge in [-0.3, -0.25) is 4.79 Å². The monoisotopic (exact) mass is 394 g/mol. The van der Waals surface area contributed by atoms with Crippen LogP contribution in [0.2, 0.25) is 5.02 Å². The number of hydrogen-bond donors (Lipinski definition) is 2. The fourth-order valence-corrected chi connectivity index (χ4v) is 3.00. The number of anilines is 1. The van der Waals surface area contributed by atoms with E-state index < -0.39 is 0 Å². The van der Waals surface area contributed by atoms with Crippen molar-refractivity contribution in [2.75, 3.05) is 12.4 Å². The highest BCUT2D eigenvalue weighted by Crippen LogP contribution is 2.34. The van der Waals surface area contributed by atoms with Gasteiger partial charge < -0.3 is 19.6 Å². The average molecular weight is 395 g/mol. The van der Waals surface area contributed by atoms with Gasteiger partial charge in [0.25, 0.3) is 5.91 Å². The van der Waals surface area contributed by atoms with Gasteiger partial charge in [-0.15, -0.1) is 0 Å². The highest BCUT2D eigenvalue weighted by atomic mass is 35.5. The van der Waals surface area contributed by atoms with E-state index in [0.717, 1.165) is 0 Å². The predicted octanol–water partition coefficient (Wildman–Crippen LogP) is 5.11. The number of phenols is 1. The molecule has 4 rings (SSSR count). The number of fused-ring (bicyclic) bond motifs is 1. The average Bonchev–Trinajstić information content (AvgIpc) is 3.12. The lowest BCUT2D eigenvalue weighted by atomic mass is 10.1. The van der Waals surface area contributed by atoms with Crippen molar-refractivity contribution in [2.45, 2.75) is 0 Å². The van der Waals surface area contributed by atoms with E-state index in [0.29, 0.717) is 38.7 Å². The molecule has 0 bridgehead atoms. The van der Waals surface area contributed by atoms with Gasteiger partial charge in [0.1, 0.15) is 17.0 Å². The Labute approximate surface area is 165 Å². The summed E-state index contributed by atoms with van der Waals surface area (Å²) in [5.74, 6) is 0.337. The van der Waals surface area contributed by atoms with E-state index in [1.54, 1.807) is 54.6 Å². The summed E-state index contributed by atoms with van der Waals surface area (Å²) < 4.78 is 10.9. The number of benzene rings is 3. The largest absolute Gasteiger partial charge is 0.507 e. The molecule has 28 heavy (non-hydrogen) atoms. The number of carbonyl (C=O) groups is 1. The molecule has 1 aromatic heterocycles. The van der Waals surface area contributed by atoms with E-state index in [1.165, 1.54) is 13.2 Å². The first-order valence-corrected chi connectivity index (χ1v) is 8.77. The van der Waals surface area contributed by atoms with Crippen molar-refractivity contribution in [1.29, 1.82) is 0 Å². The van der Waals surface area contributed by atoms with Crippen molar-refractivity contribution in [1.82, 2.24) is 4.98 Å². The maximum Gasteiger partial charge on any atom is 0.259 e. The normalized spacial score (nSPS) is 10.8. The molecular formula is C21H15ClN2O4. The summed E-state index contributed by atoms with van der Waals surface area (Å²) >= 11 is 5.98. The minimum atomic E-state index is -0.335. The first kappa shape index (κ1) is 17.9. The van der Waals surface area contributed by atoms with E-state index in [2.05, 4.69) is 10.3 Å². The zero-order valence-corrected chi connectivity index (χ0v) is 15.5. The Bertz CT molecular complexity index is 1190. The molecule has 0 radical (unpaired) electrons. The minimum Gasteiger partial charge on any atom is -0.507 e. The quantitative estimate of drug-likeness (QED) is 0.469. The topological polar surface area (TPSA) is 84.6 Å². The number of carbonyl (C=O) groups excluding carboxylic acids is 1. The number of halogens is 1. The van der Waals surface area contributed by atoms with Crippen LogP contribution in [-0.2, 0) is 0 Å². The summed E-state index contributed by atoms with van der Waals surface area (Å²) in [4.78, 5) is 17.0. The lowest BCUT2D eigenvalue weighted by Crippen LogP contribution is -2.13. The van der Waals surface area contributed by atoms with Crippen LogP contribution in [0.15, 0.2) is 65.1 Å². The predicted molar refractivity (Wildman–Crippen MR) is 107 cm³/mol. The van der Waals surface area contributed by atoms with Crippen LogP contribution < -0.4 is 10.1 Å². The number of oxazole rings is 1. The molecule has 1 heterocycles. The number of nitrogens with zero attached hydrogens (tertiary/aromatic N) is 1. The number of nitrogens with one attached hydrogen (secondary N) is 1. The fraction of sp³-hybridized carbons (Fsp3) is 0.0476. The van der Waals surface area contributed by atoms with Crippen molar-refractivity contribution in [3.63, 3.8) is 0 Å². The smallest absolute Gasteiger partial charge is 0.259 e. The lowest BCUT2D eigenvalue weighted by molar-refractivity contribution is 0.102. The molecule has 0 spiro atoms. The lowest BCUT2D eigenvalue weighted by Gasteiger charge is -2.10. The van der Waals surface area contributed by atoms with Gasteiger partial charge in [-0.25, -0.2) is 4.98 Å². The van der Waals surface area contributed by atoms with Crippen LogP contribution >= 0.6 is 11.6 Å². The standard InChI is InChI=1S/C21H15ClN2O4/c1-27-18-5-3-2-4-14(18)20(26)23-13-7-8-17(25)15(11-13)21-24-16-10-12(22)6-9-19(16)28-21/h2-11,25H,1H3,(H,23,26). The van der Waals surface area contributed by atoms with Crippen molar-refractivity contribution >= 4 is 34.3 Å². The Morgan fingerprint density at radius 3 is 2.79 bits per heavy atom. The van der Waals surface area contributed by atoms with Crippen molar-refractivity contribution in [3.8, 4) is 23.0 Å². The zero-order valence-electron chi connectivity index (χ0n) is 14.8. The number of hydrogen-bond acceptors (Lipinski definition) is 5. The van der Waals surface area contributed by atoms with Gasteiger partial charge in [0, 0.05) is 10.7 Å². The van der Waals surface area contributed by atoms with Gasteiger partial charge in [0.05, 0.1) is 18.2 Å². The summed E-state index contributed by atoms with van der Waals surface area (Å²) in [5.41, 5.74) is 2.35. The third kappa shape index (κ3) is 3.37. The first-order valence-electron chi connectivity index (χ1n) is 8.39. The van der Waals surface area contributed by atoms with Crippen LogP contribution in [0.25, 0.3) is 22.6 Å². The van der Waals surface area contributed by atoms with E-state index in [4.69, 9.17) is 20.8 Å². The molecule has 0 atom stereocenters. The van der Waals surface area contributed by atoms with Crippen LogP contribution in [0.5, 0.6) is 11.5 Å². The van der Waals surface area contributed by atoms with Gasteiger partial charge in [-0.1, -0.05) is 23.7 Å². The van der Waals surface area contributed by atoms with E-state index in [-0.39, 0.29) is 17.5 Å². The maximum absolute atomic E-state index is 12.6. The first-order chi connectivity index (χ1) is 13.5. The number of rotatable bonds is 4. The van der Waals surface area contributed by atoms with Crippen molar-refractivity contribution in [2.24, 2.45) is 0 Å². The summed E-state index contributed by atoms with van der Waals surface area (Å²) in [6.07, 6.45) is 0. The number of ether oxygens (including phenoxy) is 1. The summed E-state index contributed by atoms with van der Waals surface area (Å²) in [7, 11) is 1.50. The molecule has 0 unspecified atom stereocenters. The molecule has 2 N–H and O–H groups in total. The number of aromatic nitrogens is 1. The fourth-order valence-electron chi connectivity index (χ4n) is 2.83. The Hall–Kier alpha value is -3.51. The minimum absolute atomic E-state index is 0.0204. The van der Waals surface area contributed by atoms with Gasteiger partial charge >= 0.3 is 0 Å². The molecule has 0 aliphatic heterocycles. The van der Waals surface area contributed by atoms with Crippen LogP contribution in [-0.4, -0.2) is 23.1 Å². The van der Waals surface area contributed by atoms with Gasteiger partial charge in [0.2, 0.25) is 5.89 Å². The Balaban J connectivity index is 1.67. The third-order valence-electron chi connectivity index (χ3n) is 4.19. The Morgan fingerprint density at radius 2 is 1.96 bits per heavy atom. The van der Waals surface area contributed by atoms with Gasteiger partial charge in [0.15, 0.2) is 5.58 Å². The van der Waals surface area contributed by atoms with Crippen LogP contribution in [0, 0.1) is 0 Å². The SMILES string of the molecule is COc1ccccc1C(=O)Nc1ccc(O)c(-c2nc3cc(Cl)ccc3o2)c1. The number of para-hydroxylation sites is 1. The zero-order chi connectivity index (χ0) is 19.7. The number of amides is 1. The second-order valence-electron chi connectivity index (χ2n) is 6.02. The Morgan fingerprint density at radius 1 is 1.14 bits per heavy atom. The summed E-state index contributed by atoms with van der Waals surface area (Å²) in [5, 5.41) is 13.6. The number of phenolic OH excluding ortho intramolecular Hbond substituents is 1. The highest BCUT2D eigenvalue weighted by Gasteiger charge is 2.16. The molecule has 4 aromatic rings. The molecule has 0 saturated carbocycles. The molecule has 3 aromatic carbocycles. The van der Waals surface area contributed by atoms with Crippen LogP contribution in [0.4, 0.5) is 5.69 Å². The molecule has 6 nitrogen and oxygen atoms in total. The Kier molecular flexibility index (Phi) is 4.63. The molecule has 7 heteroatoms. The van der Waals surface area contributed by atoms with E-state index in [9.17, 15) is 9.90 Å². The van der Waals surface area contributed by atoms with Gasteiger partial charge in [-0.05, 0) is 48.5 Å². The molecule has 140 valence electrons. The van der Waals surface area contributed by atoms with Crippen LogP contribution in [0.1, 0.15) is 10.4 Å². The van der Waals surface area contributed by atoms with Gasteiger partial charge in [-0.2, -0.15) is 0 Å². The highest BCUT2D eigenvalue weighted by molar-refractivity contribution is 6.31. The number of aromatic hydroxyl groups is 1. The van der Waals surface area contributed by atoms with Crippen molar-refractivity contribution in [3.05, 3.63) is 71.2 Å². The third-order valence-corrected chi connectivity index (χ3v) is 4.42. The second-order valence-corrected chi connectivity index (χ2v) is 6.45. The summed E-state index contributed by atoms with van der Waals surface area (Å²) in [6, 6.07) is 16.6. The van der Waals surface area contributed by atoms with E-state index in [1.807, 2.05) is 0 Å². The molecule has 0 aliphatic carbocycles. The molecule has 0 saturated heterocycles. The van der Waals surface area contributed by atoms with Crippen molar-refractivity contribution < 1.29 is 19.1 Å². The molecule has 0 fully saturated rings.